The summed E-state index contributed by atoms with van der Waals surface area (Å²) < 4.78 is 17.0. The Morgan fingerprint density at radius 2 is 1.68 bits per heavy atom. The molecular formula is C27H26BrCl2N3O5. The number of nitrogens with one attached hydrogen (secondary N) is 2. The van der Waals surface area contributed by atoms with Gasteiger partial charge in [0.05, 0.1) is 29.9 Å². The van der Waals surface area contributed by atoms with Crippen LogP contribution in [0, 0.1) is 0 Å². The van der Waals surface area contributed by atoms with E-state index in [0.29, 0.717) is 32.3 Å². The van der Waals surface area contributed by atoms with E-state index in [9.17, 15) is 9.59 Å². The lowest BCUT2D eigenvalue weighted by Gasteiger charge is -2.21. The maximum Gasteiger partial charge on any atom is 0.262 e. The fraction of sp³-hybridized carbons (Fsp3) is 0.222. The summed E-state index contributed by atoms with van der Waals surface area (Å²) in [6, 6.07) is 16.5. The number of hydrazone groups is 1. The summed E-state index contributed by atoms with van der Waals surface area (Å²) in [6.07, 6.45) is 0.736. The molecule has 0 aliphatic carbocycles. The van der Waals surface area contributed by atoms with Crippen LogP contribution in [0.25, 0.3) is 0 Å². The number of benzene rings is 3. The van der Waals surface area contributed by atoms with E-state index in [1.807, 2.05) is 30.3 Å². The highest BCUT2D eigenvalue weighted by Crippen LogP contribution is 2.32. The molecule has 11 heteroatoms. The summed E-state index contributed by atoms with van der Waals surface area (Å²) in [7, 11) is 3.06. The van der Waals surface area contributed by atoms with E-state index in [-0.39, 0.29) is 11.4 Å². The zero-order chi connectivity index (χ0) is 27.7. The molecule has 0 aliphatic rings. The average molecular weight is 623 g/mol. The van der Waals surface area contributed by atoms with Gasteiger partial charge in [0.15, 0.2) is 6.10 Å². The van der Waals surface area contributed by atoms with Crippen molar-refractivity contribution in [3.8, 4) is 17.2 Å². The van der Waals surface area contributed by atoms with E-state index in [1.165, 1.54) is 19.4 Å². The molecule has 0 heterocycles. The first-order valence-corrected chi connectivity index (χ1v) is 13.0. The van der Waals surface area contributed by atoms with Crippen LogP contribution >= 0.6 is 39.1 Å². The number of amides is 2. The van der Waals surface area contributed by atoms with E-state index in [0.717, 1.165) is 5.56 Å². The van der Waals surface area contributed by atoms with Gasteiger partial charge in [-0.15, -0.1) is 0 Å². The number of hydrogen-bond donors (Lipinski definition) is 2. The Hall–Kier alpha value is -3.27. The van der Waals surface area contributed by atoms with Gasteiger partial charge in [-0.25, -0.2) is 5.43 Å². The van der Waals surface area contributed by atoms with Crippen molar-refractivity contribution in [3.63, 3.8) is 0 Å². The molecule has 0 bridgehead atoms. The molecule has 200 valence electrons. The third-order valence-corrected chi connectivity index (χ3v) is 6.52. The summed E-state index contributed by atoms with van der Waals surface area (Å²) in [5.41, 5.74) is 3.95. The maximum absolute atomic E-state index is 13.1. The molecule has 8 nitrogen and oxygen atoms in total. The van der Waals surface area contributed by atoms with Crippen LogP contribution in [-0.2, 0) is 16.0 Å². The first-order valence-electron chi connectivity index (χ1n) is 11.4. The number of rotatable bonds is 11. The van der Waals surface area contributed by atoms with Crippen molar-refractivity contribution in [2.24, 2.45) is 5.10 Å². The Kier molecular flexibility index (Phi) is 10.8. The number of halogens is 3. The van der Waals surface area contributed by atoms with Crippen LogP contribution in [0.5, 0.6) is 17.2 Å². The van der Waals surface area contributed by atoms with Gasteiger partial charge in [-0.3, -0.25) is 9.59 Å². The van der Waals surface area contributed by atoms with Crippen LogP contribution in [0.15, 0.2) is 70.2 Å². The Bertz CT molecular complexity index is 1310. The maximum atomic E-state index is 13.1. The third-order valence-electron chi connectivity index (χ3n) is 5.37. The predicted molar refractivity (Wildman–Crippen MR) is 152 cm³/mol. The molecule has 0 saturated carbocycles. The first kappa shape index (κ1) is 29.3. The second-order valence-corrected chi connectivity index (χ2v) is 9.75. The largest absolute Gasteiger partial charge is 0.496 e. The molecular weight excluding hydrogens is 597 g/mol. The smallest absolute Gasteiger partial charge is 0.262 e. The lowest BCUT2D eigenvalue weighted by Crippen LogP contribution is -2.50. The van der Waals surface area contributed by atoms with Crippen LogP contribution < -0.4 is 25.0 Å². The lowest BCUT2D eigenvalue weighted by atomic mass is 10.1. The van der Waals surface area contributed by atoms with E-state index in [4.69, 9.17) is 37.4 Å². The van der Waals surface area contributed by atoms with Gasteiger partial charge in [-0.2, -0.15) is 5.10 Å². The van der Waals surface area contributed by atoms with Gasteiger partial charge in [0.2, 0.25) is 0 Å². The first-order chi connectivity index (χ1) is 18.2. The molecule has 3 aromatic rings. The van der Waals surface area contributed by atoms with Crippen LogP contribution in [0.3, 0.4) is 0 Å². The molecule has 0 fully saturated rings. The van der Waals surface area contributed by atoms with Crippen LogP contribution in [0.1, 0.15) is 18.1 Å². The SMILES string of the molecule is COc1cc(OC)c(/C=N\NC(=O)[C@@H](Cc2ccccc2)NC(=O)[C@@H](C)Oc2ccc(Cl)cc2Cl)cc1Br. The zero-order valence-electron chi connectivity index (χ0n) is 20.8. The highest BCUT2D eigenvalue weighted by atomic mass is 79.9. The summed E-state index contributed by atoms with van der Waals surface area (Å²) >= 11 is 15.5. The number of carbonyl (C=O) groups excluding carboxylic acids is 2. The molecule has 38 heavy (non-hydrogen) atoms. The van der Waals surface area contributed by atoms with E-state index in [2.05, 4.69) is 31.8 Å². The van der Waals surface area contributed by atoms with Crippen molar-refractivity contribution in [1.29, 1.82) is 0 Å². The minimum absolute atomic E-state index is 0.236. The van der Waals surface area contributed by atoms with Crippen LogP contribution in [0.2, 0.25) is 10.0 Å². The number of hydrogen-bond acceptors (Lipinski definition) is 6. The lowest BCUT2D eigenvalue weighted by molar-refractivity contribution is -0.132. The Morgan fingerprint density at radius 3 is 2.34 bits per heavy atom. The molecule has 3 rings (SSSR count). The highest BCUT2D eigenvalue weighted by molar-refractivity contribution is 9.10. The molecule has 0 spiro atoms. The van der Waals surface area contributed by atoms with Crippen molar-refractivity contribution >= 4 is 57.2 Å². The quantitative estimate of drug-likeness (QED) is 0.220. The Morgan fingerprint density at radius 1 is 0.974 bits per heavy atom. The number of methoxy groups -OCH3 is 2. The second-order valence-electron chi connectivity index (χ2n) is 8.05. The van der Waals surface area contributed by atoms with Gasteiger partial charge < -0.3 is 19.5 Å². The summed E-state index contributed by atoms with van der Waals surface area (Å²) in [5.74, 6) is 0.374. The topological polar surface area (TPSA) is 98.3 Å². The van der Waals surface area contributed by atoms with Crippen molar-refractivity contribution in [2.75, 3.05) is 14.2 Å². The third kappa shape index (κ3) is 8.11. The number of nitrogens with zero attached hydrogens (tertiary/aromatic N) is 1. The molecule has 2 atom stereocenters. The van der Waals surface area contributed by atoms with Gasteiger partial charge in [0.1, 0.15) is 23.3 Å². The Labute approximate surface area is 239 Å². The van der Waals surface area contributed by atoms with Crippen LogP contribution in [0.4, 0.5) is 0 Å². The summed E-state index contributed by atoms with van der Waals surface area (Å²) in [4.78, 5) is 26.0. The standard InChI is InChI=1S/C27H26BrCl2N3O5/c1-16(38-23-10-9-19(29)13-21(23)30)26(34)32-22(11-17-7-5-4-6-8-17)27(35)33-31-15-18-12-20(28)25(37-3)14-24(18)36-2/h4-10,12-16,22H,11H2,1-3H3,(H,32,34)(H,33,35)/b31-15-/t16-,22-/m1/s1. The van der Waals surface area contributed by atoms with Gasteiger partial charge in [-0.1, -0.05) is 53.5 Å². The normalized spacial score (nSPS) is 12.5. The van der Waals surface area contributed by atoms with E-state index >= 15 is 0 Å². The molecule has 2 amide bonds. The van der Waals surface area contributed by atoms with Crippen molar-refractivity contribution < 1.29 is 23.8 Å². The fourth-order valence-electron chi connectivity index (χ4n) is 3.39. The molecule has 2 N–H and O–H groups in total. The average Bonchev–Trinajstić information content (AvgIpc) is 2.90. The predicted octanol–water partition coefficient (Wildman–Crippen LogP) is 5.42. The molecule has 0 aliphatic heterocycles. The molecule has 3 aromatic carbocycles. The van der Waals surface area contributed by atoms with E-state index < -0.39 is 24.0 Å². The van der Waals surface area contributed by atoms with Crippen molar-refractivity contribution in [1.82, 2.24) is 10.7 Å². The van der Waals surface area contributed by atoms with Crippen molar-refractivity contribution in [3.05, 3.63) is 86.3 Å². The molecule has 0 unspecified atom stereocenters. The van der Waals surface area contributed by atoms with Gasteiger partial charge in [-0.05, 0) is 52.7 Å². The number of ether oxygens (including phenoxy) is 3. The molecule has 0 radical (unpaired) electrons. The monoisotopic (exact) mass is 621 g/mol. The molecule has 0 aromatic heterocycles. The van der Waals surface area contributed by atoms with E-state index in [1.54, 1.807) is 38.3 Å². The Balaban J connectivity index is 1.73. The summed E-state index contributed by atoms with van der Waals surface area (Å²) in [6.45, 7) is 1.56. The van der Waals surface area contributed by atoms with Crippen LogP contribution in [-0.4, -0.2) is 44.4 Å². The second kappa shape index (κ2) is 14.0. The van der Waals surface area contributed by atoms with Gasteiger partial charge >= 0.3 is 0 Å². The van der Waals surface area contributed by atoms with Crippen molar-refractivity contribution in [2.45, 2.75) is 25.5 Å². The minimum Gasteiger partial charge on any atom is -0.496 e. The van der Waals surface area contributed by atoms with Gasteiger partial charge in [0.25, 0.3) is 11.8 Å². The zero-order valence-corrected chi connectivity index (χ0v) is 23.9. The summed E-state index contributed by atoms with van der Waals surface area (Å²) in [5, 5.41) is 7.53. The highest BCUT2D eigenvalue weighted by Gasteiger charge is 2.25. The van der Waals surface area contributed by atoms with Gasteiger partial charge in [0, 0.05) is 23.1 Å². The fourth-order valence-corrected chi connectivity index (χ4v) is 4.37. The molecule has 0 saturated heterocycles. The number of carbonyl (C=O) groups is 2. The minimum atomic E-state index is -0.941.